The van der Waals surface area contributed by atoms with Gasteiger partial charge >= 0.3 is 5.97 Å². The van der Waals surface area contributed by atoms with Crippen LogP contribution in [0.15, 0.2) is 54.2 Å². The largest absolute Gasteiger partial charge is 0.493 e. The summed E-state index contributed by atoms with van der Waals surface area (Å²) < 4.78 is 23.1. The zero-order valence-corrected chi connectivity index (χ0v) is 21.4. The Balaban J connectivity index is 1.75. The van der Waals surface area contributed by atoms with Gasteiger partial charge in [0.05, 0.1) is 39.3 Å². The highest BCUT2D eigenvalue weighted by Crippen LogP contribution is 2.41. The molecule has 11 heteroatoms. The van der Waals surface area contributed by atoms with E-state index in [9.17, 15) is 9.59 Å². The number of methoxy groups -OCH3 is 3. The van der Waals surface area contributed by atoms with Gasteiger partial charge in [0, 0.05) is 17.8 Å². The number of hydrogen-bond acceptors (Lipinski definition) is 9. The van der Waals surface area contributed by atoms with Crippen molar-refractivity contribution in [1.82, 2.24) is 14.8 Å². The Labute approximate surface area is 213 Å². The minimum absolute atomic E-state index is 0.101. The van der Waals surface area contributed by atoms with Crippen LogP contribution in [0.2, 0.25) is 0 Å². The lowest BCUT2D eigenvalue weighted by Crippen LogP contribution is -2.15. The Kier molecular flexibility index (Phi) is 9.34. The first-order valence-electron chi connectivity index (χ1n) is 11.0. The lowest BCUT2D eigenvalue weighted by atomic mass is 10.1. The molecule has 1 heterocycles. The standard InChI is InChI=1S/C25H28N4O6S/c1-6-12-29-23(17-13-19(32-3)22(34-5)20(14-17)33-4)27-28-25(29)36-15-21(30)26-18-10-8-16(9-11-18)24(31)35-7-2/h6,8-11,13-14H,1,7,12,15H2,2-5H3,(H,26,30). The van der Waals surface area contributed by atoms with Crippen LogP contribution in [-0.4, -0.2) is 60.3 Å². The predicted molar refractivity (Wildman–Crippen MR) is 137 cm³/mol. The molecule has 0 atom stereocenters. The maximum atomic E-state index is 12.5. The molecule has 1 amide bonds. The molecular formula is C25H28N4O6S. The quantitative estimate of drug-likeness (QED) is 0.218. The maximum absolute atomic E-state index is 12.5. The van der Waals surface area contributed by atoms with Crippen molar-refractivity contribution < 1.29 is 28.5 Å². The van der Waals surface area contributed by atoms with Crippen LogP contribution in [0.5, 0.6) is 17.2 Å². The van der Waals surface area contributed by atoms with Gasteiger partial charge in [-0.15, -0.1) is 16.8 Å². The second kappa shape index (κ2) is 12.6. The molecule has 0 fully saturated rings. The molecule has 1 aromatic heterocycles. The fourth-order valence-corrected chi connectivity index (χ4v) is 4.09. The summed E-state index contributed by atoms with van der Waals surface area (Å²) in [6, 6.07) is 10.1. The number of thioether (sulfide) groups is 1. The summed E-state index contributed by atoms with van der Waals surface area (Å²) in [5.74, 6) is 1.48. The number of nitrogens with one attached hydrogen (secondary N) is 1. The number of esters is 1. The average Bonchev–Trinajstić information content (AvgIpc) is 3.29. The summed E-state index contributed by atoms with van der Waals surface area (Å²) in [6.45, 7) is 6.29. The molecule has 3 rings (SSSR count). The third kappa shape index (κ3) is 6.16. The molecule has 2 aromatic carbocycles. The molecule has 0 saturated heterocycles. The molecule has 0 aliphatic carbocycles. The van der Waals surface area contributed by atoms with E-state index in [1.165, 1.54) is 18.9 Å². The van der Waals surface area contributed by atoms with Crippen molar-refractivity contribution in [3.8, 4) is 28.6 Å². The molecule has 0 saturated carbocycles. The van der Waals surface area contributed by atoms with Crippen molar-refractivity contribution in [3.05, 3.63) is 54.6 Å². The molecule has 10 nitrogen and oxygen atoms in total. The highest BCUT2D eigenvalue weighted by Gasteiger charge is 2.20. The molecule has 0 radical (unpaired) electrons. The third-order valence-corrected chi connectivity index (χ3v) is 5.93. The highest BCUT2D eigenvalue weighted by molar-refractivity contribution is 7.99. The van der Waals surface area contributed by atoms with Gasteiger partial charge in [0.2, 0.25) is 11.7 Å². The van der Waals surface area contributed by atoms with Gasteiger partial charge in [0.25, 0.3) is 0 Å². The second-order valence-corrected chi connectivity index (χ2v) is 8.20. The number of amides is 1. The molecule has 0 aliphatic heterocycles. The van der Waals surface area contributed by atoms with Gasteiger partial charge in [-0.1, -0.05) is 17.8 Å². The minimum atomic E-state index is -0.407. The molecular weight excluding hydrogens is 484 g/mol. The Morgan fingerprint density at radius 1 is 1.06 bits per heavy atom. The Hall–Kier alpha value is -3.99. The van der Waals surface area contributed by atoms with E-state index in [-0.39, 0.29) is 11.7 Å². The lowest BCUT2D eigenvalue weighted by Gasteiger charge is -2.14. The number of nitrogens with zero attached hydrogens (tertiary/aromatic N) is 3. The Morgan fingerprint density at radius 3 is 2.28 bits per heavy atom. The fraction of sp³-hybridized carbons (Fsp3) is 0.280. The summed E-state index contributed by atoms with van der Waals surface area (Å²) in [7, 11) is 4.62. The molecule has 0 bridgehead atoms. The highest BCUT2D eigenvalue weighted by atomic mass is 32.2. The third-order valence-electron chi connectivity index (χ3n) is 4.96. The van der Waals surface area contributed by atoms with E-state index in [0.29, 0.717) is 58.2 Å². The number of aromatic nitrogens is 3. The van der Waals surface area contributed by atoms with Gasteiger partial charge in [-0.3, -0.25) is 9.36 Å². The molecule has 1 N–H and O–H groups in total. The van der Waals surface area contributed by atoms with Crippen LogP contribution in [0, 0.1) is 0 Å². The first-order valence-corrected chi connectivity index (χ1v) is 12.0. The summed E-state index contributed by atoms with van der Waals surface area (Å²) >= 11 is 1.24. The van der Waals surface area contributed by atoms with Gasteiger partial charge in [0.1, 0.15) is 0 Å². The molecule has 0 unspecified atom stereocenters. The van der Waals surface area contributed by atoms with Crippen LogP contribution >= 0.6 is 11.8 Å². The van der Waals surface area contributed by atoms with Crippen molar-refractivity contribution in [2.75, 3.05) is 39.0 Å². The zero-order chi connectivity index (χ0) is 26.1. The molecule has 3 aromatic rings. The number of carbonyl (C=O) groups is 2. The SMILES string of the molecule is C=CCn1c(SCC(=O)Nc2ccc(C(=O)OCC)cc2)nnc1-c1cc(OC)c(OC)c(OC)c1. The maximum Gasteiger partial charge on any atom is 0.338 e. The van der Waals surface area contributed by atoms with Gasteiger partial charge in [0.15, 0.2) is 22.5 Å². The molecule has 36 heavy (non-hydrogen) atoms. The molecule has 0 aliphatic rings. The first-order chi connectivity index (χ1) is 17.4. The van der Waals surface area contributed by atoms with E-state index in [2.05, 4.69) is 22.1 Å². The van der Waals surface area contributed by atoms with Crippen molar-refractivity contribution in [1.29, 1.82) is 0 Å². The Bertz CT molecular complexity index is 1200. The van der Waals surface area contributed by atoms with Crippen LogP contribution in [-0.2, 0) is 16.1 Å². The van der Waals surface area contributed by atoms with Crippen molar-refractivity contribution >= 4 is 29.3 Å². The zero-order valence-electron chi connectivity index (χ0n) is 20.6. The van der Waals surface area contributed by atoms with Gasteiger partial charge < -0.3 is 24.3 Å². The van der Waals surface area contributed by atoms with Crippen molar-refractivity contribution in [3.63, 3.8) is 0 Å². The van der Waals surface area contributed by atoms with Crippen LogP contribution in [0.1, 0.15) is 17.3 Å². The van der Waals surface area contributed by atoms with E-state index < -0.39 is 5.97 Å². The number of carbonyl (C=O) groups excluding carboxylic acids is 2. The average molecular weight is 513 g/mol. The van der Waals surface area contributed by atoms with Crippen LogP contribution in [0.3, 0.4) is 0 Å². The second-order valence-electron chi connectivity index (χ2n) is 7.25. The van der Waals surface area contributed by atoms with Crippen LogP contribution in [0.4, 0.5) is 5.69 Å². The monoisotopic (exact) mass is 512 g/mol. The van der Waals surface area contributed by atoms with Crippen LogP contribution < -0.4 is 19.5 Å². The number of ether oxygens (including phenoxy) is 4. The van der Waals surface area contributed by atoms with Gasteiger partial charge in [-0.2, -0.15) is 0 Å². The fourth-order valence-electron chi connectivity index (χ4n) is 3.34. The summed E-state index contributed by atoms with van der Waals surface area (Å²) in [4.78, 5) is 24.3. The number of rotatable bonds is 12. The molecule has 0 spiro atoms. The lowest BCUT2D eigenvalue weighted by molar-refractivity contribution is -0.113. The summed E-state index contributed by atoms with van der Waals surface area (Å²) in [5, 5.41) is 12.0. The molecule has 190 valence electrons. The summed E-state index contributed by atoms with van der Waals surface area (Å²) in [5.41, 5.74) is 1.69. The van der Waals surface area contributed by atoms with E-state index >= 15 is 0 Å². The normalized spacial score (nSPS) is 10.4. The predicted octanol–water partition coefficient (Wildman–Crippen LogP) is 4.06. The van der Waals surface area contributed by atoms with Crippen LogP contribution in [0.25, 0.3) is 11.4 Å². The topological polar surface area (TPSA) is 114 Å². The van der Waals surface area contributed by atoms with Gasteiger partial charge in [-0.05, 0) is 43.3 Å². The smallest absolute Gasteiger partial charge is 0.338 e. The van der Waals surface area contributed by atoms with E-state index in [1.807, 2.05) is 4.57 Å². The number of benzene rings is 2. The van der Waals surface area contributed by atoms with E-state index in [1.54, 1.807) is 63.6 Å². The van der Waals surface area contributed by atoms with E-state index in [0.717, 1.165) is 0 Å². The number of anilines is 1. The Morgan fingerprint density at radius 2 is 1.72 bits per heavy atom. The number of allylic oxidation sites excluding steroid dienone is 1. The van der Waals surface area contributed by atoms with Crippen molar-refractivity contribution in [2.24, 2.45) is 0 Å². The van der Waals surface area contributed by atoms with Crippen molar-refractivity contribution in [2.45, 2.75) is 18.6 Å². The minimum Gasteiger partial charge on any atom is -0.493 e. The summed E-state index contributed by atoms with van der Waals surface area (Å²) in [6.07, 6.45) is 1.72. The number of hydrogen-bond donors (Lipinski definition) is 1. The van der Waals surface area contributed by atoms with Gasteiger partial charge in [-0.25, -0.2) is 4.79 Å². The first kappa shape index (κ1) is 26.6. The van der Waals surface area contributed by atoms with E-state index in [4.69, 9.17) is 18.9 Å².